The van der Waals surface area contributed by atoms with Gasteiger partial charge in [-0.2, -0.15) is 0 Å². The summed E-state index contributed by atoms with van der Waals surface area (Å²) in [5.41, 5.74) is 2.61. The van der Waals surface area contributed by atoms with Crippen LogP contribution in [0.5, 0.6) is 0 Å². The topological polar surface area (TPSA) is 49.8 Å². The summed E-state index contributed by atoms with van der Waals surface area (Å²) in [6.45, 7) is 2.70. The van der Waals surface area contributed by atoms with Crippen molar-refractivity contribution in [2.75, 3.05) is 24.7 Å². The molecule has 0 aromatic heterocycles. The minimum Gasteiger partial charge on any atom is -0.478 e. The molecule has 1 N–H and O–H groups in total. The molecule has 1 fully saturated rings. The third-order valence-electron chi connectivity index (χ3n) is 4.38. The lowest BCUT2D eigenvalue weighted by molar-refractivity contribution is 0.0695. The van der Waals surface area contributed by atoms with E-state index in [-0.39, 0.29) is 0 Å². The summed E-state index contributed by atoms with van der Waals surface area (Å²) in [7, 11) is 0. The molecule has 0 amide bonds. The normalized spacial score (nSPS) is 23.0. The summed E-state index contributed by atoms with van der Waals surface area (Å²) in [5, 5.41) is 9.34. The second-order valence-corrected chi connectivity index (χ2v) is 5.60. The van der Waals surface area contributed by atoms with E-state index >= 15 is 0 Å². The van der Waals surface area contributed by atoms with Gasteiger partial charge in [0.25, 0.3) is 0 Å². The third-order valence-corrected chi connectivity index (χ3v) is 4.38. The Morgan fingerprint density at radius 3 is 3.00 bits per heavy atom. The third kappa shape index (κ3) is 2.52. The molecule has 2 aliphatic heterocycles. The summed E-state index contributed by atoms with van der Waals surface area (Å²) in [6, 6.07) is 6.15. The maximum atomic E-state index is 11.4. The van der Waals surface area contributed by atoms with Crippen molar-refractivity contribution in [3.8, 4) is 0 Å². The van der Waals surface area contributed by atoms with Crippen molar-refractivity contribution in [3.63, 3.8) is 0 Å². The molecule has 1 aromatic carbocycles. The van der Waals surface area contributed by atoms with E-state index in [1.807, 2.05) is 6.07 Å². The average Bonchev–Trinajstić information content (AvgIpc) is 2.74. The van der Waals surface area contributed by atoms with E-state index in [9.17, 15) is 9.90 Å². The molecule has 4 nitrogen and oxygen atoms in total. The van der Waals surface area contributed by atoms with Gasteiger partial charge in [0.05, 0.1) is 5.56 Å². The van der Waals surface area contributed by atoms with Crippen LogP contribution in [0.4, 0.5) is 5.69 Å². The number of anilines is 1. The maximum absolute atomic E-state index is 11.4. The van der Waals surface area contributed by atoms with Gasteiger partial charge in [-0.15, -0.1) is 0 Å². The first kappa shape index (κ1) is 13.4. The van der Waals surface area contributed by atoms with Gasteiger partial charge in [-0.3, -0.25) is 0 Å². The van der Waals surface area contributed by atoms with Crippen LogP contribution in [0.3, 0.4) is 0 Å². The molecule has 0 bridgehead atoms. The molecule has 2 heterocycles. The van der Waals surface area contributed by atoms with Gasteiger partial charge in [0.2, 0.25) is 0 Å². The highest BCUT2D eigenvalue weighted by Gasteiger charge is 2.27. The van der Waals surface area contributed by atoms with Crippen molar-refractivity contribution >= 4 is 11.7 Å². The van der Waals surface area contributed by atoms with Crippen molar-refractivity contribution in [1.29, 1.82) is 0 Å². The number of hydrogen-bond donors (Lipinski definition) is 1. The quantitative estimate of drug-likeness (QED) is 0.901. The maximum Gasteiger partial charge on any atom is 0.336 e. The highest BCUT2D eigenvalue weighted by molar-refractivity contribution is 5.91. The van der Waals surface area contributed by atoms with Crippen molar-refractivity contribution in [1.82, 2.24) is 0 Å². The lowest BCUT2D eigenvalue weighted by atomic mass is 9.93. The van der Waals surface area contributed by atoms with Crippen LogP contribution in [0.15, 0.2) is 18.2 Å². The molecule has 0 spiro atoms. The molecule has 3 rings (SSSR count). The molecule has 0 saturated carbocycles. The number of carbonyl (C=O) groups is 1. The molecule has 108 valence electrons. The average molecular weight is 275 g/mol. The number of carboxylic acid groups (broad SMARTS) is 1. The van der Waals surface area contributed by atoms with Gasteiger partial charge < -0.3 is 14.7 Å². The zero-order valence-electron chi connectivity index (χ0n) is 11.7. The van der Waals surface area contributed by atoms with Gasteiger partial charge in [-0.1, -0.05) is 6.07 Å². The van der Waals surface area contributed by atoms with Crippen molar-refractivity contribution in [2.45, 2.75) is 38.1 Å². The van der Waals surface area contributed by atoms with Gasteiger partial charge in [-0.25, -0.2) is 4.79 Å². The number of nitrogens with zero attached hydrogens (tertiary/aromatic N) is 1. The standard InChI is InChI=1S/C16H21NO3/c18-16(19)14-5-1-7-15-13(14)6-2-9-17(15)12-4-3-10-20-11-8-12/h1,5,7,12H,2-4,6,8-11H2,(H,18,19). The van der Waals surface area contributed by atoms with E-state index in [2.05, 4.69) is 11.0 Å². The minimum absolute atomic E-state index is 0.470. The van der Waals surface area contributed by atoms with Crippen LogP contribution in [0.25, 0.3) is 0 Å². The summed E-state index contributed by atoms with van der Waals surface area (Å²) in [6.07, 6.45) is 5.18. The fourth-order valence-corrected chi connectivity index (χ4v) is 3.43. The predicted molar refractivity (Wildman–Crippen MR) is 77.5 cm³/mol. The number of rotatable bonds is 2. The van der Waals surface area contributed by atoms with E-state index in [0.717, 1.165) is 63.1 Å². The molecule has 20 heavy (non-hydrogen) atoms. The Bertz CT molecular complexity index is 492. The lowest BCUT2D eigenvalue weighted by Crippen LogP contribution is -2.39. The van der Waals surface area contributed by atoms with Crippen molar-refractivity contribution in [2.24, 2.45) is 0 Å². The van der Waals surface area contributed by atoms with Gasteiger partial charge >= 0.3 is 5.97 Å². The monoisotopic (exact) mass is 275 g/mol. The summed E-state index contributed by atoms with van der Waals surface area (Å²) in [4.78, 5) is 13.8. The van der Waals surface area contributed by atoms with Gasteiger partial charge in [0.1, 0.15) is 0 Å². The number of fused-ring (bicyclic) bond motifs is 1. The van der Waals surface area contributed by atoms with Crippen LogP contribution >= 0.6 is 0 Å². The van der Waals surface area contributed by atoms with Crippen molar-refractivity contribution in [3.05, 3.63) is 29.3 Å². The number of ether oxygens (including phenoxy) is 1. The highest BCUT2D eigenvalue weighted by Crippen LogP contribution is 2.33. The number of hydrogen-bond acceptors (Lipinski definition) is 3. The van der Waals surface area contributed by atoms with Gasteiger partial charge in [0.15, 0.2) is 0 Å². The second kappa shape index (κ2) is 5.83. The molecule has 2 aliphatic rings. The number of benzene rings is 1. The Labute approximate surface area is 119 Å². The van der Waals surface area contributed by atoms with E-state index in [0.29, 0.717) is 11.6 Å². The zero-order chi connectivity index (χ0) is 13.9. The van der Waals surface area contributed by atoms with Gasteiger partial charge in [0, 0.05) is 31.5 Å². The summed E-state index contributed by atoms with van der Waals surface area (Å²) < 4.78 is 5.54. The molecule has 1 aromatic rings. The largest absolute Gasteiger partial charge is 0.478 e. The molecule has 1 unspecified atom stereocenters. The molecule has 0 radical (unpaired) electrons. The Morgan fingerprint density at radius 1 is 1.25 bits per heavy atom. The Morgan fingerprint density at radius 2 is 2.15 bits per heavy atom. The first-order chi connectivity index (χ1) is 9.77. The zero-order valence-corrected chi connectivity index (χ0v) is 11.7. The molecular weight excluding hydrogens is 254 g/mol. The summed E-state index contributed by atoms with van der Waals surface area (Å²) >= 11 is 0. The van der Waals surface area contributed by atoms with Crippen LogP contribution < -0.4 is 4.90 Å². The SMILES string of the molecule is O=C(O)c1cccc2c1CCCN2C1CCCOCC1. The molecule has 1 atom stereocenters. The Balaban J connectivity index is 1.93. The molecule has 1 saturated heterocycles. The molecule has 4 heteroatoms. The first-order valence-corrected chi connectivity index (χ1v) is 7.47. The fraction of sp³-hybridized carbons (Fsp3) is 0.562. The second-order valence-electron chi connectivity index (χ2n) is 5.60. The van der Waals surface area contributed by atoms with Gasteiger partial charge in [-0.05, 0) is 49.8 Å². The van der Waals surface area contributed by atoms with Crippen LogP contribution in [0.2, 0.25) is 0 Å². The predicted octanol–water partition coefficient (Wildman–Crippen LogP) is 2.71. The van der Waals surface area contributed by atoms with E-state index in [1.165, 1.54) is 0 Å². The smallest absolute Gasteiger partial charge is 0.336 e. The Hall–Kier alpha value is -1.55. The Kier molecular flexibility index (Phi) is 3.92. The minimum atomic E-state index is -0.812. The van der Waals surface area contributed by atoms with E-state index < -0.39 is 5.97 Å². The lowest BCUT2D eigenvalue weighted by Gasteiger charge is -2.38. The number of aromatic carboxylic acids is 1. The van der Waals surface area contributed by atoms with Crippen LogP contribution in [0.1, 0.15) is 41.6 Å². The van der Waals surface area contributed by atoms with Crippen molar-refractivity contribution < 1.29 is 14.6 Å². The molecular formula is C16H21NO3. The highest BCUT2D eigenvalue weighted by atomic mass is 16.5. The van der Waals surface area contributed by atoms with Crippen LogP contribution in [0, 0.1) is 0 Å². The first-order valence-electron chi connectivity index (χ1n) is 7.47. The fourth-order valence-electron chi connectivity index (χ4n) is 3.43. The van der Waals surface area contributed by atoms with E-state index in [1.54, 1.807) is 6.07 Å². The van der Waals surface area contributed by atoms with E-state index in [4.69, 9.17) is 4.74 Å². The molecule has 0 aliphatic carbocycles. The summed E-state index contributed by atoms with van der Waals surface area (Å²) in [5.74, 6) is -0.812. The number of carboxylic acids is 1. The van der Waals surface area contributed by atoms with Crippen LogP contribution in [-0.2, 0) is 11.2 Å². The van der Waals surface area contributed by atoms with Crippen LogP contribution in [-0.4, -0.2) is 36.9 Å².